The molecule has 0 aliphatic carbocycles. The van der Waals surface area contributed by atoms with E-state index in [4.69, 9.17) is 9.47 Å². The van der Waals surface area contributed by atoms with Crippen LogP contribution in [-0.2, 0) is 5.41 Å². The minimum atomic E-state index is -0.339. The van der Waals surface area contributed by atoms with Crippen LogP contribution in [0.15, 0.2) is 60.7 Å². The summed E-state index contributed by atoms with van der Waals surface area (Å²) >= 11 is 0. The van der Waals surface area contributed by atoms with Gasteiger partial charge in [0, 0.05) is 13.1 Å². The largest absolute Gasteiger partial charge is 0.497 e. The van der Waals surface area contributed by atoms with Crippen LogP contribution in [-0.4, -0.2) is 31.2 Å². The maximum Gasteiger partial charge on any atom is 0.415 e. The Morgan fingerprint density at radius 3 is 2.21 bits per heavy atom. The molecule has 0 unspecified atom stereocenters. The van der Waals surface area contributed by atoms with Gasteiger partial charge in [0.2, 0.25) is 0 Å². The Morgan fingerprint density at radius 1 is 0.931 bits per heavy atom. The summed E-state index contributed by atoms with van der Waals surface area (Å²) in [7, 11) is 1.63. The number of carbonyl (C=O) groups excluding carboxylic acids is 1. The topological polar surface area (TPSA) is 38.8 Å². The Bertz CT molecular complexity index is 1020. The number of methoxy groups -OCH3 is 1. The van der Waals surface area contributed by atoms with Crippen LogP contribution in [0.4, 0.5) is 9.18 Å². The van der Waals surface area contributed by atoms with Crippen molar-refractivity contribution in [3.8, 4) is 11.5 Å². The highest BCUT2D eigenvalue weighted by molar-refractivity contribution is 5.86. The Kier molecular flexibility index (Phi) is 5.14. The number of hydrogen-bond acceptors (Lipinski definition) is 3. The molecule has 0 radical (unpaired) electrons. The predicted octanol–water partition coefficient (Wildman–Crippen LogP) is 5.54. The molecule has 1 heterocycles. The molecular formula is C24H24FNO3. The van der Waals surface area contributed by atoms with Gasteiger partial charge in [-0.25, -0.2) is 9.18 Å². The fourth-order valence-corrected chi connectivity index (χ4v) is 3.88. The molecule has 1 amide bonds. The van der Waals surface area contributed by atoms with Gasteiger partial charge in [0.05, 0.1) is 7.11 Å². The molecule has 0 saturated carbocycles. The molecule has 1 aliphatic heterocycles. The van der Waals surface area contributed by atoms with Crippen molar-refractivity contribution in [1.82, 2.24) is 4.90 Å². The first kappa shape index (κ1) is 19.2. The van der Waals surface area contributed by atoms with Crippen LogP contribution in [0.25, 0.3) is 10.8 Å². The van der Waals surface area contributed by atoms with E-state index in [1.165, 1.54) is 12.1 Å². The molecule has 29 heavy (non-hydrogen) atoms. The van der Waals surface area contributed by atoms with Gasteiger partial charge in [-0.3, -0.25) is 0 Å². The van der Waals surface area contributed by atoms with E-state index in [0.29, 0.717) is 18.8 Å². The van der Waals surface area contributed by atoms with Crippen molar-refractivity contribution in [2.45, 2.75) is 25.2 Å². The number of piperidine rings is 1. The van der Waals surface area contributed by atoms with E-state index in [9.17, 15) is 9.18 Å². The number of amides is 1. The quantitative estimate of drug-likeness (QED) is 0.586. The first-order valence-corrected chi connectivity index (χ1v) is 9.77. The lowest BCUT2D eigenvalue weighted by molar-refractivity contribution is 0.125. The van der Waals surface area contributed by atoms with Gasteiger partial charge in [-0.1, -0.05) is 31.2 Å². The molecule has 0 spiro atoms. The molecule has 0 bridgehead atoms. The summed E-state index contributed by atoms with van der Waals surface area (Å²) in [4.78, 5) is 14.4. The summed E-state index contributed by atoms with van der Waals surface area (Å²) in [5, 5.41) is 2.01. The van der Waals surface area contributed by atoms with E-state index in [2.05, 4.69) is 6.92 Å². The highest BCUT2D eigenvalue weighted by atomic mass is 19.1. The average Bonchev–Trinajstić information content (AvgIpc) is 2.74. The van der Waals surface area contributed by atoms with Crippen molar-refractivity contribution >= 4 is 16.9 Å². The summed E-state index contributed by atoms with van der Waals surface area (Å²) in [6.45, 7) is 3.38. The zero-order chi connectivity index (χ0) is 20.4. The van der Waals surface area contributed by atoms with Gasteiger partial charge in [0.1, 0.15) is 17.3 Å². The van der Waals surface area contributed by atoms with Crippen LogP contribution in [0.1, 0.15) is 25.3 Å². The van der Waals surface area contributed by atoms with E-state index in [1.807, 2.05) is 42.5 Å². The van der Waals surface area contributed by atoms with Crippen molar-refractivity contribution in [2.24, 2.45) is 0 Å². The summed E-state index contributed by atoms with van der Waals surface area (Å²) in [6, 6.07) is 18.0. The first-order valence-electron chi connectivity index (χ1n) is 9.77. The fourth-order valence-electron chi connectivity index (χ4n) is 3.88. The van der Waals surface area contributed by atoms with Crippen LogP contribution in [0, 0.1) is 5.82 Å². The second-order valence-electron chi connectivity index (χ2n) is 7.80. The number of rotatable bonds is 3. The van der Waals surface area contributed by atoms with E-state index in [0.717, 1.165) is 34.9 Å². The normalized spacial score (nSPS) is 15.9. The van der Waals surface area contributed by atoms with E-state index < -0.39 is 0 Å². The van der Waals surface area contributed by atoms with Crippen LogP contribution < -0.4 is 9.47 Å². The molecule has 3 aromatic carbocycles. The number of nitrogens with zero attached hydrogens (tertiary/aromatic N) is 1. The van der Waals surface area contributed by atoms with Crippen molar-refractivity contribution in [1.29, 1.82) is 0 Å². The summed E-state index contributed by atoms with van der Waals surface area (Å²) < 4.78 is 24.1. The zero-order valence-electron chi connectivity index (χ0n) is 16.7. The number of carbonyl (C=O) groups is 1. The molecular weight excluding hydrogens is 369 g/mol. The Morgan fingerprint density at radius 2 is 1.55 bits per heavy atom. The maximum absolute atomic E-state index is 13.2. The Labute approximate surface area is 169 Å². The number of fused-ring (bicyclic) bond motifs is 1. The zero-order valence-corrected chi connectivity index (χ0v) is 16.7. The van der Waals surface area contributed by atoms with Crippen molar-refractivity contribution in [2.75, 3.05) is 20.2 Å². The highest BCUT2D eigenvalue weighted by Crippen LogP contribution is 2.35. The molecule has 1 saturated heterocycles. The third kappa shape index (κ3) is 4.04. The molecule has 5 heteroatoms. The van der Waals surface area contributed by atoms with Crippen LogP contribution in [0.5, 0.6) is 11.5 Å². The number of benzene rings is 3. The molecule has 0 N–H and O–H groups in total. The molecule has 150 valence electrons. The van der Waals surface area contributed by atoms with E-state index in [1.54, 1.807) is 18.1 Å². The third-order valence-corrected chi connectivity index (χ3v) is 5.89. The molecule has 0 aromatic heterocycles. The molecule has 4 nitrogen and oxygen atoms in total. The lowest BCUT2D eigenvalue weighted by Crippen LogP contribution is -2.45. The average molecular weight is 393 g/mol. The summed E-state index contributed by atoms with van der Waals surface area (Å²) in [5.74, 6) is 1.05. The minimum absolute atomic E-state index is 0.0655. The molecule has 0 atom stereocenters. The van der Waals surface area contributed by atoms with Gasteiger partial charge in [-0.05, 0) is 71.0 Å². The number of hydrogen-bond donors (Lipinski definition) is 0. The molecule has 4 rings (SSSR count). The lowest BCUT2D eigenvalue weighted by atomic mass is 9.74. The van der Waals surface area contributed by atoms with Gasteiger partial charge in [0.25, 0.3) is 0 Å². The summed E-state index contributed by atoms with van der Waals surface area (Å²) in [6.07, 6.45) is 1.28. The molecule has 3 aromatic rings. The van der Waals surface area contributed by atoms with Crippen LogP contribution in [0.3, 0.4) is 0 Å². The SMILES string of the molecule is COc1ccc2ccc(OC(=O)N3CCC(C)(c4ccc(F)cc4)CC3)cc2c1. The fraction of sp³-hybridized carbons (Fsp3) is 0.292. The van der Waals surface area contributed by atoms with Gasteiger partial charge in [-0.15, -0.1) is 0 Å². The lowest BCUT2D eigenvalue weighted by Gasteiger charge is -2.39. The number of halogens is 1. The smallest absolute Gasteiger partial charge is 0.415 e. The Balaban J connectivity index is 1.42. The highest BCUT2D eigenvalue weighted by Gasteiger charge is 2.34. The maximum atomic E-state index is 13.2. The first-order chi connectivity index (χ1) is 14.0. The van der Waals surface area contributed by atoms with Gasteiger partial charge < -0.3 is 14.4 Å². The molecule has 1 aliphatic rings. The Hall–Kier alpha value is -3.08. The van der Waals surface area contributed by atoms with E-state index in [-0.39, 0.29) is 17.3 Å². The second-order valence-corrected chi connectivity index (χ2v) is 7.80. The number of likely N-dealkylation sites (tertiary alicyclic amines) is 1. The van der Waals surface area contributed by atoms with Crippen molar-refractivity contribution in [3.63, 3.8) is 0 Å². The van der Waals surface area contributed by atoms with Crippen molar-refractivity contribution < 1.29 is 18.7 Å². The van der Waals surface area contributed by atoms with Gasteiger partial charge >= 0.3 is 6.09 Å². The summed E-state index contributed by atoms with van der Waals surface area (Å²) in [5.41, 5.74) is 1.04. The third-order valence-electron chi connectivity index (χ3n) is 5.89. The minimum Gasteiger partial charge on any atom is -0.497 e. The molecule has 1 fully saturated rings. The monoisotopic (exact) mass is 393 g/mol. The van der Waals surface area contributed by atoms with Crippen LogP contribution in [0.2, 0.25) is 0 Å². The van der Waals surface area contributed by atoms with Gasteiger partial charge in [-0.2, -0.15) is 0 Å². The predicted molar refractivity (Wildman–Crippen MR) is 111 cm³/mol. The van der Waals surface area contributed by atoms with Crippen LogP contribution >= 0.6 is 0 Å². The van der Waals surface area contributed by atoms with Gasteiger partial charge in [0.15, 0.2) is 0 Å². The second kappa shape index (κ2) is 7.74. The van der Waals surface area contributed by atoms with Crippen molar-refractivity contribution in [3.05, 3.63) is 72.0 Å². The number of ether oxygens (including phenoxy) is 2. The van der Waals surface area contributed by atoms with E-state index >= 15 is 0 Å². The standard InChI is InChI=1S/C24H24FNO3/c1-24(19-5-7-20(25)8-6-19)11-13-26(14-12-24)23(27)29-22-10-4-17-3-9-21(28-2)15-18(17)16-22/h3-10,15-16H,11-14H2,1-2H3.